The summed E-state index contributed by atoms with van der Waals surface area (Å²) in [5.41, 5.74) is 0.461. The molecule has 1 aliphatic rings. The molecule has 1 aromatic carbocycles. The van der Waals surface area contributed by atoms with Gasteiger partial charge in [0, 0.05) is 23.5 Å². The van der Waals surface area contributed by atoms with E-state index in [1.54, 1.807) is 0 Å². The van der Waals surface area contributed by atoms with Crippen LogP contribution in [0.25, 0.3) is 0 Å². The second kappa shape index (κ2) is 7.41. The number of carbonyl (C=O) groups is 1. The van der Waals surface area contributed by atoms with Crippen LogP contribution in [0.1, 0.15) is 42.5 Å². The Kier molecular flexibility index (Phi) is 5.85. The van der Waals surface area contributed by atoms with Gasteiger partial charge in [0.15, 0.2) is 0 Å². The molecule has 1 aromatic rings. The molecular formula is C15H18BrClFNO. The average molecular weight is 363 g/mol. The van der Waals surface area contributed by atoms with Crippen molar-refractivity contribution in [2.24, 2.45) is 0 Å². The van der Waals surface area contributed by atoms with E-state index in [1.165, 1.54) is 37.5 Å². The summed E-state index contributed by atoms with van der Waals surface area (Å²) >= 11 is 9.17. The number of hydrogen-bond donors (Lipinski definition) is 0. The van der Waals surface area contributed by atoms with Crippen molar-refractivity contribution in [2.75, 3.05) is 11.9 Å². The predicted octanol–water partition coefficient (Wildman–Crippen LogP) is 4.65. The largest absolute Gasteiger partial charge is 0.335 e. The highest BCUT2D eigenvalue weighted by atomic mass is 79.9. The van der Waals surface area contributed by atoms with Crippen molar-refractivity contribution in [3.8, 4) is 0 Å². The minimum atomic E-state index is -0.493. The first kappa shape index (κ1) is 15.8. The minimum absolute atomic E-state index is 0.00159. The van der Waals surface area contributed by atoms with Gasteiger partial charge in [0.1, 0.15) is 5.82 Å². The van der Waals surface area contributed by atoms with Gasteiger partial charge in [-0.15, -0.1) is 0 Å². The molecule has 20 heavy (non-hydrogen) atoms. The molecule has 1 amide bonds. The molecule has 1 fully saturated rings. The van der Waals surface area contributed by atoms with E-state index >= 15 is 0 Å². The second-order valence-electron chi connectivity index (χ2n) is 5.11. The molecule has 0 aromatic heterocycles. The van der Waals surface area contributed by atoms with Crippen LogP contribution in [0.3, 0.4) is 0 Å². The summed E-state index contributed by atoms with van der Waals surface area (Å²) in [7, 11) is 0. The van der Waals surface area contributed by atoms with Gasteiger partial charge in [0.25, 0.3) is 5.91 Å². The van der Waals surface area contributed by atoms with Gasteiger partial charge in [-0.05, 0) is 31.0 Å². The Labute approximate surface area is 132 Å². The highest BCUT2D eigenvalue weighted by Crippen LogP contribution is 2.25. The van der Waals surface area contributed by atoms with E-state index in [-0.39, 0.29) is 17.0 Å². The van der Waals surface area contributed by atoms with E-state index in [1.807, 2.05) is 4.90 Å². The van der Waals surface area contributed by atoms with Crippen molar-refractivity contribution in [1.82, 2.24) is 4.90 Å². The lowest BCUT2D eigenvalue weighted by atomic mass is 9.93. The molecule has 5 heteroatoms. The molecule has 1 aliphatic carbocycles. The molecule has 0 unspecified atom stereocenters. The van der Waals surface area contributed by atoms with E-state index in [4.69, 9.17) is 11.6 Å². The van der Waals surface area contributed by atoms with Crippen LogP contribution in [0.2, 0.25) is 5.02 Å². The van der Waals surface area contributed by atoms with Gasteiger partial charge in [-0.3, -0.25) is 4.79 Å². The Balaban J connectivity index is 2.18. The quantitative estimate of drug-likeness (QED) is 0.714. The van der Waals surface area contributed by atoms with Gasteiger partial charge >= 0.3 is 0 Å². The molecule has 2 nitrogen and oxygen atoms in total. The lowest BCUT2D eigenvalue weighted by Gasteiger charge is -2.34. The first-order chi connectivity index (χ1) is 9.63. The maximum atomic E-state index is 13.2. The number of benzene rings is 1. The maximum absolute atomic E-state index is 13.2. The lowest BCUT2D eigenvalue weighted by Crippen LogP contribution is -2.42. The topological polar surface area (TPSA) is 20.3 Å². The number of rotatable bonds is 4. The van der Waals surface area contributed by atoms with E-state index < -0.39 is 5.82 Å². The number of halogens is 3. The third-order valence-electron chi connectivity index (χ3n) is 3.77. The van der Waals surface area contributed by atoms with Crippen molar-refractivity contribution in [2.45, 2.75) is 38.1 Å². The van der Waals surface area contributed by atoms with Crippen molar-refractivity contribution >= 4 is 33.4 Å². The fourth-order valence-corrected chi connectivity index (χ4v) is 3.29. The lowest BCUT2D eigenvalue weighted by molar-refractivity contribution is 0.0651. The molecule has 1 saturated carbocycles. The number of hydrogen-bond acceptors (Lipinski definition) is 1. The Morgan fingerprint density at radius 2 is 2.05 bits per heavy atom. The van der Waals surface area contributed by atoms with Gasteiger partial charge in [0.05, 0.1) is 5.02 Å². The van der Waals surface area contributed by atoms with Crippen LogP contribution in [-0.2, 0) is 0 Å². The first-order valence-electron chi connectivity index (χ1n) is 6.95. The zero-order valence-corrected chi connectivity index (χ0v) is 13.6. The Morgan fingerprint density at radius 3 is 2.65 bits per heavy atom. The van der Waals surface area contributed by atoms with Crippen molar-refractivity contribution in [1.29, 1.82) is 0 Å². The molecule has 0 aliphatic heterocycles. The molecule has 0 atom stereocenters. The van der Waals surface area contributed by atoms with Crippen molar-refractivity contribution in [3.05, 3.63) is 34.6 Å². The van der Waals surface area contributed by atoms with Crippen molar-refractivity contribution < 1.29 is 9.18 Å². The summed E-state index contributed by atoms with van der Waals surface area (Å²) in [6.45, 7) is 0.665. The molecule has 0 heterocycles. The van der Waals surface area contributed by atoms with Gasteiger partial charge < -0.3 is 4.90 Å². The number of nitrogens with zero attached hydrogens (tertiary/aromatic N) is 1. The van der Waals surface area contributed by atoms with E-state index in [9.17, 15) is 9.18 Å². The van der Waals surface area contributed by atoms with Crippen LogP contribution in [0, 0.1) is 5.82 Å². The summed E-state index contributed by atoms with van der Waals surface area (Å²) in [5.74, 6) is -0.550. The van der Waals surface area contributed by atoms with Crippen LogP contribution >= 0.6 is 27.5 Å². The third-order valence-corrected chi connectivity index (χ3v) is 4.41. The smallest absolute Gasteiger partial charge is 0.254 e. The molecular weight excluding hydrogens is 345 g/mol. The Morgan fingerprint density at radius 1 is 1.35 bits per heavy atom. The van der Waals surface area contributed by atoms with Gasteiger partial charge in [-0.25, -0.2) is 4.39 Å². The van der Waals surface area contributed by atoms with Gasteiger partial charge in [-0.1, -0.05) is 46.8 Å². The highest BCUT2D eigenvalue weighted by Gasteiger charge is 2.26. The van der Waals surface area contributed by atoms with Gasteiger partial charge in [0.2, 0.25) is 0 Å². The summed E-state index contributed by atoms with van der Waals surface area (Å²) in [4.78, 5) is 14.5. The molecule has 2 rings (SSSR count). The van der Waals surface area contributed by atoms with Crippen LogP contribution in [0.4, 0.5) is 4.39 Å². The third kappa shape index (κ3) is 3.73. The molecule has 0 saturated heterocycles. The van der Waals surface area contributed by atoms with Crippen LogP contribution in [0.5, 0.6) is 0 Å². The molecule has 110 valence electrons. The normalized spacial score (nSPS) is 16.1. The fourth-order valence-electron chi connectivity index (χ4n) is 2.73. The Hall–Kier alpha value is -0.610. The molecule has 0 N–H and O–H groups in total. The molecule has 0 bridgehead atoms. The maximum Gasteiger partial charge on any atom is 0.254 e. The summed E-state index contributed by atoms with van der Waals surface area (Å²) in [5, 5.41) is 0.739. The summed E-state index contributed by atoms with van der Waals surface area (Å²) in [6, 6.07) is 4.47. The predicted molar refractivity (Wildman–Crippen MR) is 83.1 cm³/mol. The minimum Gasteiger partial charge on any atom is -0.335 e. The zero-order chi connectivity index (χ0) is 14.5. The van der Waals surface area contributed by atoms with Crippen LogP contribution < -0.4 is 0 Å². The van der Waals surface area contributed by atoms with E-state index in [0.717, 1.165) is 18.2 Å². The van der Waals surface area contributed by atoms with Gasteiger partial charge in [-0.2, -0.15) is 0 Å². The fraction of sp³-hybridized carbons (Fsp3) is 0.533. The summed E-state index contributed by atoms with van der Waals surface area (Å²) in [6.07, 6.45) is 5.68. The van der Waals surface area contributed by atoms with Crippen LogP contribution in [0.15, 0.2) is 18.2 Å². The Bertz CT molecular complexity index is 477. The number of alkyl halides is 1. The highest BCUT2D eigenvalue weighted by molar-refractivity contribution is 9.09. The second-order valence-corrected chi connectivity index (χ2v) is 6.31. The average Bonchev–Trinajstić information content (AvgIpc) is 2.48. The number of carbonyl (C=O) groups excluding carboxylic acids is 1. The van der Waals surface area contributed by atoms with Crippen molar-refractivity contribution in [3.63, 3.8) is 0 Å². The zero-order valence-electron chi connectivity index (χ0n) is 11.2. The monoisotopic (exact) mass is 361 g/mol. The van der Waals surface area contributed by atoms with E-state index in [2.05, 4.69) is 15.9 Å². The first-order valence-corrected chi connectivity index (χ1v) is 8.45. The standard InChI is InChI=1S/C15H18BrClFNO/c16-8-9-19(12-4-2-1-3-5-12)15(20)11-6-7-14(18)13(17)10-11/h6-7,10,12H,1-5,8-9H2. The SMILES string of the molecule is O=C(c1ccc(F)c(Cl)c1)N(CCBr)C1CCCCC1. The molecule has 0 spiro atoms. The van der Waals surface area contributed by atoms with E-state index in [0.29, 0.717) is 12.1 Å². The summed E-state index contributed by atoms with van der Waals surface area (Å²) < 4.78 is 13.2. The number of amides is 1. The molecule has 0 radical (unpaired) electrons. The van der Waals surface area contributed by atoms with Crippen LogP contribution in [-0.4, -0.2) is 28.7 Å².